The Morgan fingerprint density at radius 1 is 1.26 bits per heavy atom. The van der Waals surface area contributed by atoms with E-state index in [4.69, 9.17) is 4.74 Å². The highest BCUT2D eigenvalue weighted by Crippen LogP contribution is 2.40. The second-order valence-corrected chi connectivity index (χ2v) is 6.65. The lowest BCUT2D eigenvalue weighted by molar-refractivity contribution is -0.130. The van der Waals surface area contributed by atoms with Crippen LogP contribution in [0, 0.1) is 0 Å². The third-order valence-electron chi connectivity index (χ3n) is 4.41. The highest BCUT2D eigenvalue weighted by Gasteiger charge is 2.27. The van der Waals surface area contributed by atoms with Crippen molar-refractivity contribution in [2.75, 3.05) is 13.2 Å². The Kier molecular flexibility index (Phi) is 5.69. The van der Waals surface area contributed by atoms with Gasteiger partial charge >= 0.3 is 5.97 Å². The first-order valence-electron chi connectivity index (χ1n) is 9.13. The number of amides is 2. The van der Waals surface area contributed by atoms with Crippen LogP contribution in [0.3, 0.4) is 0 Å². The molecule has 1 aromatic heterocycles. The van der Waals surface area contributed by atoms with Crippen LogP contribution in [0.15, 0.2) is 30.3 Å². The third kappa shape index (κ3) is 4.61. The summed E-state index contributed by atoms with van der Waals surface area (Å²) in [7, 11) is 0. The van der Waals surface area contributed by atoms with Crippen LogP contribution in [0.1, 0.15) is 48.7 Å². The zero-order valence-electron chi connectivity index (χ0n) is 15.5. The molecule has 2 aromatic rings. The summed E-state index contributed by atoms with van der Waals surface area (Å²) in [5.41, 5.74) is 2.03. The number of esters is 1. The highest BCUT2D eigenvalue weighted by molar-refractivity contribution is 6.04. The Morgan fingerprint density at radius 3 is 2.70 bits per heavy atom. The predicted octanol–water partition coefficient (Wildman–Crippen LogP) is 1.91. The normalized spacial score (nSPS) is 14.4. The third-order valence-corrected chi connectivity index (χ3v) is 4.41. The number of nitrogens with zero attached hydrogens (tertiary/aromatic N) is 1. The number of para-hydroxylation sites is 1. The highest BCUT2D eigenvalue weighted by atomic mass is 16.5. The number of rotatable bonds is 7. The van der Waals surface area contributed by atoms with Crippen LogP contribution in [-0.4, -0.2) is 42.0 Å². The fourth-order valence-electron chi connectivity index (χ4n) is 2.84. The zero-order valence-corrected chi connectivity index (χ0v) is 15.5. The molecule has 1 saturated carbocycles. The summed E-state index contributed by atoms with van der Waals surface area (Å²) in [6, 6.07) is 8.44. The van der Waals surface area contributed by atoms with Crippen molar-refractivity contribution < 1.29 is 19.1 Å². The number of aromatic nitrogens is 1. The molecule has 1 aromatic carbocycles. The molecule has 0 spiro atoms. The van der Waals surface area contributed by atoms with Gasteiger partial charge in [0.25, 0.3) is 5.91 Å². The van der Waals surface area contributed by atoms with Crippen molar-refractivity contribution in [1.29, 1.82) is 0 Å². The number of hydrogen-bond acceptors (Lipinski definition) is 5. The molecular formula is C20H23N3O4. The van der Waals surface area contributed by atoms with Crippen molar-refractivity contribution in [2.24, 2.45) is 0 Å². The van der Waals surface area contributed by atoms with E-state index in [0.717, 1.165) is 24.1 Å². The molecule has 2 N–H and O–H groups in total. The van der Waals surface area contributed by atoms with Gasteiger partial charge in [-0.25, -0.2) is 4.79 Å². The van der Waals surface area contributed by atoms with Crippen molar-refractivity contribution in [3.05, 3.63) is 41.6 Å². The largest absolute Gasteiger partial charge is 0.452 e. The lowest BCUT2D eigenvalue weighted by Gasteiger charge is -2.14. The number of fused-ring (bicyclic) bond motifs is 1. The van der Waals surface area contributed by atoms with Gasteiger partial charge in [0, 0.05) is 23.5 Å². The van der Waals surface area contributed by atoms with E-state index in [-0.39, 0.29) is 5.91 Å². The van der Waals surface area contributed by atoms with Crippen molar-refractivity contribution in [3.8, 4) is 0 Å². The van der Waals surface area contributed by atoms with Crippen LogP contribution in [0.5, 0.6) is 0 Å². The molecule has 142 valence electrons. The smallest absolute Gasteiger partial charge is 0.339 e. The first-order valence-corrected chi connectivity index (χ1v) is 9.13. The van der Waals surface area contributed by atoms with Gasteiger partial charge in [-0.1, -0.05) is 18.2 Å². The summed E-state index contributed by atoms with van der Waals surface area (Å²) < 4.78 is 5.18. The topological polar surface area (TPSA) is 97.4 Å². The average Bonchev–Trinajstić information content (AvgIpc) is 3.50. The Bertz CT molecular complexity index is 877. The fraction of sp³-hybridized carbons (Fsp3) is 0.400. The van der Waals surface area contributed by atoms with Crippen LogP contribution >= 0.6 is 0 Å². The average molecular weight is 369 g/mol. The molecule has 1 fully saturated rings. The molecule has 0 unspecified atom stereocenters. The predicted molar refractivity (Wildman–Crippen MR) is 100 cm³/mol. The standard InChI is InChI=1S/C20H23N3O4/c1-3-21-19(25)12(2)22-18(24)11-27-20(26)15-10-17(13-8-9-13)23-16-7-5-4-6-14(15)16/h4-7,10,12-13H,3,8-9,11H2,1-2H3,(H,21,25)(H,22,24)/t12-/m1/s1. The molecule has 1 heterocycles. The second kappa shape index (κ2) is 8.16. The zero-order chi connectivity index (χ0) is 19.4. The lowest BCUT2D eigenvalue weighted by Crippen LogP contribution is -2.46. The summed E-state index contributed by atoms with van der Waals surface area (Å²) in [5, 5.41) is 5.82. The molecule has 3 rings (SSSR count). The van der Waals surface area contributed by atoms with Crippen molar-refractivity contribution in [2.45, 2.75) is 38.6 Å². The van der Waals surface area contributed by atoms with Gasteiger partial charge in [-0.2, -0.15) is 0 Å². The SMILES string of the molecule is CCNC(=O)[C@@H](C)NC(=O)COC(=O)c1cc(C2CC2)nc2ccccc12. The second-order valence-electron chi connectivity index (χ2n) is 6.65. The Morgan fingerprint density at radius 2 is 2.00 bits per heavy atom. The van der Waals surface area contributed by atoms with Gasteiger partial charge in [-0.05, 0) is 38.8 Å². The van der Waals surface area contributed by atoms with Crippen LogP contribution in [0.2, 0.25) is 0 Å². The van der Waals surface area contributed by atoms with Gasteiger partial charge in [-0.3, -0.25) is 14.6 Å². The number of benzene rings is 1. The van der Waals surface area contributed by atoms with E-state index >= 15 is 0 Å². The maximum Gasteiger partial charge on any atom is 0.339 e. The van der Waals surface area contributed by atoms with E-state index in [1.54, 1.807) is 19.9 Å². The Balaban J connectivity index is 1.67. The maximum absolute atomic E-state index is 12.6. The minimum atomic E-state index is -0.695. The number of ether oxygens (including phenoxy) is 1. The van der Waals surface area contributed by atoms with Crippen LogP contribution in [-0.2, 0) is 14.3 Å². The molecule has 0 radical (unpaired) electrons. The number of hydrogen-bond donors (Lipinski definition) is 2. The minimum Gasteiger partial charge on any atom is -0.452 e. The summed E-state index contributed by atoms with van der Waals surface area (Å²) >= 11 is 0. The van der Waals surface area contributed by atoms with Gasteiger partial charge < -0.3 is 15.4 Å². The van der Waals surface area contributed by atoms with Crippen molar-refractivity contribution in [3.63, 3.8) is 0 Å². The molecule has 27 heavy (non-hydrogen) atoms. The first kappa shape index (κ1) is 18.8. The van der Waals surface area contributed by atoms with E-state index in [0.29, 0.717) is 23.4 Å². The molecule has 2 amide bonds. The molecule has 0 bridgehead atoms. The summed E-state index contributed by atoms with van der Waals surface area (Å²) in [6.07, 6.45) is 2.14. The van der Waals surface area contributed by atoms with E-state index in [1.807, 2.05) is 24.3 Å². The molecule has 1 atom stereocenters. The molecule has 0 aliphatic heterocycles. The van der Waals surface area contributed by atoms with Crippen molar-refractivity contribution >= 4 is 28.7 Å². The Hall–Kier alpha value is -2.96. The summed E-state index contributed by atoms with van der Waals surface area (Å²) in [4.78, 5) is 40.8. The summed E-state index contributed by atoms with van der Waals surface area (Å²) in [5.74, 6) is -0.993. The fourth-order valence-corrected chi connectivity index (χ4v) is 2.84. The quantitative estimate of drug-likeness (QED) is 0.727. The number of pyridine rings is 1. The number of carbonyl (C=O) groups excluding carboxylic acids is 3. The van der Waals surface area contributed by atoms with E-state index in [9.17, 15) is 14.4 Å². The molecule has 0 saturated heterocycles. The van der Waals surface area contributed by atoms with E-state index in [2.05, 4.69) is 15.6 Å². The van der Waals surface area contributed by atoms with Crippen LogP contribution in [0.25, 0.3) is 10.9 Å². The van der Waals surface area contributed by atoms with E-state index in [1.165, 1.54) is 0 Å². The van der Waals surface area contributed by atoms with Gasteiger partial charge in [-0.15, -0.1) is 0 Å². The molecule has 7 nitrogen and oxygen atoms in total. The molecule has 7 heteroatoms. The maximum atomic E-state index is 12.6. The van der Waals surface area contributed by atoms with Crippen LogP contribution < -0.4 is 10.6 Å². The first-order chi connectivity index (χ1) is 13.0. The molecule has 1 aliphatic carbocycles. The minimum absolute atomic E-state index is 0.286. The van der Waals surface area contributed by atoms with Gasteiger partial charge in [0.1, 0.15) is 6.04 Å². The monoisotopic (exact) mass is 369 g/mol. The molecule has 1 aliphatic rings. The van der Waals surface area contributed by atoms with Gasteiger partial charge in [0.2, 0.25) is 5.91 Å². The van der Waals surface area contributed by atoms with Crippen LogP contribution in [0.4, 0.5) is 0 Å². The molecular weight excluding hydrogens is 346 g/mol. The lowest BCUT2D eigenvalue weighted by atomic mass is 10.1. The van der Waals surface area contributed by atoms with Gasteiger partial charge in [0.05, 0.1) is 11.1 Å². The Labute approximate surface area is 157 Å². The number of carbonyl (C=O) groups is 3. The summed E-state index contributed by atoms with van der Waals surface area (Å²) in [6.45, 7) is 3.40. The number of nitrogens with one attached hydrogen (secondary N) is 2. The van der Waals surface area contributed by atoms with Gasteiger partial charge in [0.15, 0.2) is 6.61 Å². The van der Waals surface area contributed by atoms with E-state index < -0.39 is 24.5 Å². The number of likely N-dealkylation sites (N-methyl/N-ethyl adjacent to an activating group) is 1. The van der Waals surface area contributed by atoms with Crippen molar-refractivity contribution in [1.82, 2.24) is 15.6 Å².